The average molecular weight is 256 g/mol. The lowest BCUT2D eigenvalue weighted by molar-refractivity contribution is 0.508. The summed E-state index contributed by atoms with van der Waals surface area (Å²) in [5.74, 6) is 0.571. The van der Waals surface area contributed by atoms with E-state index < -0.39 is 0 Å². The molecule has 0 unspecified atom stereocenters. The Morgan fingerprint density at radius 3 is 2.86 bits per heavy atom. The minimum atomic E-state index is -0.143. The summed E-state index contributed by atoms with van der Waals surface area (Å²) in [6.07, 6.45) is 0. The molecule has 0 aliphatic rings. The number of azide groups is 1. The topological polar surface area (TPSA) is 101 Å². The van der Waals surface area contributed by atoms with Crippen molar-refractivity contribution in [3.8, 4) is 11.7 Å². The Kier molecular flexibility index (Phi) is 2.21. The summed E-state index contributed by atoms with van der Waals surface area (Å²) in [7, 11) is 0. The van der Waals surface area contributed by atoms with E-state index in [2.05, 4.69) is 36.2 Å². The van der Waals surface area contributed by atoms with Crippen LogP contribution in [0.1, 0.15) is 0 Å². The van der Waals surface area contributed by atoms with Crippen LogP contribution in [0.3, 0.4) is 0 Å². The molecule has 8 heteroatoms. The van der Waals surface area contributed by atoms with Gasteiger partial charge in [0.15, 0.2) is 10.4 Å². The quantitative estimate of drug-likeness (QED) is 0.468. The maximum absolute atomic E-state index is 8.10. The monoisotopic (exact) mass is 255 g/mol. The highest BCUT2D eigenvalue weighted by Gasteiger charge is 2.10. The number of halogens is 1. The fraction of sp³-hybridized carbons (Fsp3) is 0. The molecule has 0 aromatic carbocycles. The van der Waals surface area contributed by atoms with Crippen molar-refractivity contribution < 1.29 is 8.83 Å². The van der Waals surface area contributed by atoms with Gasteiger partial charge in [-0.15, -0.1) is 10.2 Å². The minimum absolute atomic E-state index is 0.143. The lowest BCUT2D eigenvalue weighted by Crippen LogP contribution is -1.71. The fourth-order valence-corrected chi connectivity index (χ4v) is 1.13. The fourth-order valence-electron chi connectivity index (χ4n) is 0.823. The SMILES string of the molecule is [N-]=[N+]=Nc1nnc(-c2ccc(Br)o2)o1. The van der Waals surface area contributed by atoms with Gasteiger partial charge in [0.25, 0.3) is 5.89 Å². The summed E-state index contributed by atoms with van der Waals surface area (Å²) in [6, 6.07) is 3.19. The third-order valence-electron chi connectivity index (χ3n) is 1.33. The molecule has 7 nitrogen and oxygen atoms in total. The number of aromatic nitrogens is 2. The van der Waals surface area contributed by atoms with Crippen molar-refractivity contribution >= 4 is 21.9 Å². The molecule has 2 heterocycles. The number of hydrogen-bond donors (Lipinski definition) is 0. The molecule has 70 valence electrons. The van der Waals surface area contributed by atoms with E-state index in [1.807, 2.05) is 0 Å². The Morgan fingerprint density at radius 1 is 1.36 bits per heavy atom. The summed E-state index contributed by atoms with van der Waals surface area (Å²) in [6.45, 7) is 0. The van der Waals surface area contributed by atoms with Gasteiger partial charge in [-0.2, -0.15) is 0 Å². The van der Waals surface area contributed by atoms with Crippen LogP contribution < -0.4 is 0 Å². The van der Waals surface area contributed by atoms with Crippen LogP contribution in [-0.4, -0.2) is 10.2 Å². The van der Waals surface area contributed by atoms with Crippen LogP contribution >= 0.6 is 15.9 Å². The van der Waals surface area contributed by atoms with Gasteiger partial charge in [-0.3, -0.25) is 0 Å². The van der Waals surface area contributed by atoms with Crippen LogP contribution in [0.5, 0.6) is 0 Å². The van der Waals surface area contributed by atoms with Gasteiger partial charge in [-0.25, -0.2) is 0 Å². The van der Waals surface area contributed by atoms with Crippen molar-refractivity contribution in [3.05, 3.63) is 27.2 Å². The molecule has 0 aliphatic heterocycles. The highest BCUT2D eigenvalue weighted by Crippen LogP contribution is 2.25. The van der Waals surface area contributed by atoms with Gasteiger partial charge in [0, 0.05) is 10.0 Å². The predicted molar refractivity (Wildman–Crippen MR) is 48.5 cm³/mol. The number of furan rings is 1. The normalized spacial score (nSPS) is 9.79. The van der Waals surface area contributed by atoms with Crippen molar-refractivity contribution in [3.63, 3.8) is 0 Å². The van der Waals surface area contributed by atoms with Gasteiger partial charge in [-0.05, 0) is 33.6 Å². The van der Waals surface area contributed by atoms with Gasteiger partial charge < -0.3 is 8.83 Å². The molecule has 2 aromatic rings. The molecule has 14 heavy (non-hydrogen) atoms. The number of rotatable bonds is 2. The summed E-state index contributed by atoms with van der Waals surface area (Å²) >= 11 is 3.13. The summed E-state index contributed by atoms with van der Waals surface area (Å²) < 4.78 is 10.7. The lowest BCUT2D eigenvalue weighted by atomic mass is 10.5. The van der Waals surface area contributed by atoms with Crippen LogP contribution in [0.2, 0.25) is 0 Å². The molecular formula is C6H2BrN5O2. The Balaban J connectivity index is 2.37. The predicted octanol–water partition coefficient (Wildman–Crippen LogP) is 3.03. The second kappa shape index (κ2) is 3.52. The van der Waals surface area contributed by atoms with Crippen LogP contribution in [0, 0.1) is 0 Å². The molecule has 0 saturated carbocycles. The standard InChI is InChI=1S/C6H2BrN5O2/c7-4-2-1-3(13-4)5-9-10-6(14-5)11-12-8/h1-2H. The average Bonchev–Trinajstić information content (AvgIpc) is 2.74. The van der Waals surface area contributed by atoms with Crippen molar-refractivity contribution in [2.45, 2.75) is 0 Å². The van der Waals surface area contributed by atoms with Crippen LogP contribution in [-0.2, 0) is 0 Å². The highest BCUT2D eigenvalue weighted by atomic mass is 79.9. The van der Waals surface area contributed by atoms with E-state index in [-0.39, 0.29) is 11.9 Å². The molecule has 0 spiro atoms. The molecule has 0 amide bonds. The van der Waals surface area contributed by atoms with E-state index >= 15 is 0 Å². The first-order valence-corrected chi connectivity index (χ1v) is 4.23. The first kappa shape index (κ1) is 8.79. The Hall–Kier alpha value is -1.79. The van der Waals surface area contributed by atoms with E-state index in [1.165, 1.54) is 0 Å². The maximum atomic E-state index is 8.10. The molecule has 0 saturated heterocycles. The second-order valence-corrected chi connectivity index (χ2v) is 2.96. The molecule has 0 radical (unpaired) electrons. The molecule has 0 bridgehead atoms. The smallest absolute Gasteiger partial charge is 0.304 e. The van der Waals surface area contributed by atoms with Gasteiger partial charge in [0.2, 0.25) is 0 Å². The zero-order valence-electron chi connectivity index (χ0n) is 6.59. The highest BCUT2D eigenvalue weighted by molar-refractivity contribution is 9.10. The summed E-state index contributed by atoms with van der Waals surface area (Å²) in [5.41, 5.74) is 8.10. The van der Waals surface area contributed by atoms with Crippen LogP contribution in [0.25, 0.3) is 22.1 Å². The summed E-state index contributed by atoms with van der Waals surface area (Å²) in [4.78, 5) is 2.51. The third kappa shape index (κ3) is 1.61. The van der Waals surface area contributed by atoms with Crippen molar-refractivity contribution in [2.24, 2.45) is 5.11 Å². The Bertz CT molecular complexity index is 498. The minimum Gasteiger partial charge on any atom is -0.444 e. The van der Waals surface area contributed by atoms with E-state index in [0.717, 1.165) is 0 Å². The van der Waals surface area contributed by atoms with Crippen molar-refractivity contribution in [1.29, 1.82) is 0 Å². The van der Waals surface area contributed by atoms with Crippen molar-refractivity contribution in [2.75, 3.05) is 0 Å². The molecule has 0 N–H and O–H groups in total. The molecular weight excluding hydrogens is 254 g/mol. The van der Waals surface area contributed by atoms with Crippen LogP contribution in [0.4, 0.5) is 6.01 Å². The molecule has 2 rings (SSSR count). The largest absolute Gasteiger partial charge is 0.444 e. The molecule has 0 atom stereocenters. The first-order chi connectivity index (χ1) is 6.79. The Morgan fingerprint density at radius 2 is 2.21 bits per heavy atom. The second-order valence-electron chi connectivity index (χ2n) is 2.18. The van der Waals surface area contributed by atoms with Crippen molar-refractivity contribution in [1.82, 2.24) is 10.2 Å². The van der Waals surface area contributed by atoms with Crippen LogP contribution in [0.15, 0.2) is 30.8 Å². The molecule has 0 aliphatic carbocycles. The number of nitrogens with zero attached hydrogens (tertiary/aromatic N) is 5. The number of hydrogen-bond acceptors (Lipinski definition) is 5. The van der Waals surface area contributed by atoms with E-state index in [0.29, 0.717) is 10.4 Å². The van der Waals surface area contributed by atoms with E-state index in [9.17, 15) is 0 Å². The first-order valence-electron chi connectivity index (χ1n) is 3.44. The zero-order chi connectivity index (χ0) is 9.97. The van der Waals surface area contributed by atoms with Gasteiger partial charge in [0.05, 0.1) is 0 Å². The zero-order valence-corrected chi connectivity index (χ0v) is 8.17. The van der Waals surface area contributed by atoms with E-state index in [1.54, 1.807) is 12.1 Å². The van der Waals surface area contributed by atoms with Gasteiger partial charge >= 0.3 is 6.01 Å². The molecule has 2 aromatic heterocycles. The Labute approximate surface area is 85.5 Å². The lowest BCUT2D eigenvalue weighted by Gasteiger charge is -1.84. The van der Waals surface area contributed by atoms with Gasteiger partial charge in [0.1, 0.15) is 0 Å². The molecule has 0 fully saturated rings. The maximum Gasteiger partial charge on any atom is 0.304 e. The third-order valence-corrected chi connectivity index (χ3v) is 1.75. The van der Waals surface area contributed by atoms with E-state index in [4.69, 9.17) is 14.4 Å². The summed E-state index contributed by atoms with van der Waals surface area (Å²) in [5, 5.41) is 10.2. The van der Waals surface area contributed by atoms with Gasteiger partial charge in [-0.1, -0.05) is 0 Å².